The van der Waals surface area contributed by atoms with Gasteiger partial charge in [0.15, 0.2) is 5.13 Å². The SMILES string of the molecule is Cc1nc(NCC(C)(C)C)sc1-c1ccn(CCO)n1. The Morgan fingerprint density at radius 3 is 2.80 bits per heavy atom. The molecular formula is C14H22N4OS. The molecule has 0 saturated carbocycles. The molecule has 5 nitrogen and oxygen atoms in total. The number of hydrogen-bond acceptors (Lipinski definition) is 5. The summed E-state index contributed by atoms with van der Waals surface area (Å²) in [5, 5.41) is 17.7. The molecule has 0 atom stereocenters. The summed E-state index contributed by atoms with van der Waals surface area (Å²) in [4.78, 5) is 5.64. The quantitative estimate of drug-likeness (QED) is 0.890. The lowest BCUT2D eigenvalue weighted by molar-refractivity contribution is 0.269. The molecule has 0 aliphatic heterocycles. The summed E-state index contributed by atoms with van der Waals surface area (Å²) in [5.41, 5.74) is 2.13. The van der Waals surface area contributed by atoms with E-state index in [1.54, 1.807) is 16.0 Å². The number of hydrogen-bond donors (Lipinski definition) is 2. The highest BCUT2D eigenvalue weighted by atomic mass is 32.1. The van der Waals surface area contributed by atoms with Gasteiger partial charge < -0.3 is 10.4 Å². The first-order valence-electron chi connectivity index (χ1n) is 6.75. The van der Waals surface area contributed by atoms with Gasteiger partial charge in [-0.1, -0.05) is 32.1 Å². The minimum atomic E-state index is 0.0984. The van der Waals surface area contributed by atoms with Gasteiger partial charge in [-0.05, 0) is 18.4 Å². The van der Waals surface area contributed by atoms with Gasteiger partial charge in [0.05, 0.1) is 23.7 Å². The maximum Gasteiger partial charge on any atom is 0.183 e. The van der Waals surface area contributed by atoms with Crippen molar-refractivity contribution in [1.82, 2.24) is 14.8 Å². The summed E-state index contributed by atoms with van der Waals surface area (Å²) in [6.07, 6.45) is 1.88. The Morgan fingerprint density at radius 1 is 1.40 bits per heavy atom. The minimum absolute atomic E-state index is 0.0984. The fraction of sp³-hybridized carbons (Fsp3) is 0.571. The second-order valence-electron chi connectivity index (χ2n) is 6.04. The van der Waals surface area contributed by atoms with Crippen molar-refractivity contribution < 1.29 is 5.11 Å². The number of rotatable bonds is 5. The van der Waals surface area contributed by atoms with Crippen molar-refractivity contribution in [3.8, 4) is 10.6 Å². The van der Waals surface area contributed by atoms with Gasteiger partial charge in [-0.3, -0.25) is 4.68 Å². The van der Waals surface area contributed by atoms with Crippen LogP contribution in [0.2, 0.25) is 0 Å². The van der Waals surface area contributed by atoms with Crippen molar-refractivity contribution in [3.63, 3.8) is 0 Å². The maximum atomic E-state index is 8.92. The molecule has 0 unspecified atom stereocenters. The summed E-state index contributed by atoms with van der Waals surface area (Å²) in [6, 6.07) is 1.96. The van der Waals surface area contributed by atoms with Gasteiger partial charge in [0, 0.05) is 12.7 Å². The molecule has 0 aromatic carbocycles. The van der Waals surface area contributed by atoms with E-state index in [1.165, 1.54) is 0 Å². The number of aromatic nitrogens is 3. The molecule has 0 aliphatic carbocycles. The Balaban J connectivity index is 2.14. The van der Waals surface area contributed by atoms with Crippen LogP contribution in [0.4, 0.5) is 5.13 Å². The average molecular weight is 294 g/mol. The molecule has 0 aliphatic rings. The van der Waals surface area contributed by atoms with E-state index in [0.29, 0.717) is 6.54 Å². The second-order valence-corrected chi connectivity index (χ2v) is 7.03. The summed E-state index contributed by atoms with van der Waals surface area (Å²) < 4.78 is 1.75. The van der Waals surface area contributed by atoms with Gasteiger partial charge in [0.25, 0.3) is 0 Å². The third kappa shape index (κ3) is 3.80. The Bertz CT molecular complexity index is 568. The first-order valence-corrected chi connectivity index (χ1v) is 7.57. The number of nitrogens with one attached hydrogen (secondary N) is 1. The standard InChI is InChI=1S/C14H22N4OS/c1-10-12(11-5-6-18(17-11)7-8-19)20-13(16-10)15-9-14(2,3)4/h5-6,19H,7-9H2,1-4H3,(H,15,16). The van der Waals surface area contributed by atoms with Gasteiger partial charge in [-0.25, -0.2) is 4.98 Å². The third-order valence-corrected chi connectivity index (χ3v) is 3.91. The molecule has 2 aromatic rings. The Labute approximate surface area is 123 Å². The normalized spacial score (nSPS) is 11.8. The van der Waals surface area contributed by atoms with Crippen molar-refractivity contribution in [2.45, 2.75) is 34.2 Å². The first kappa shape index (κ1) is 15.0. The van der Waals surface area contributed by atoms with Gasteiger partial charge in [0.2, 0.25) is 0 Å². The van der Waals surface area contributed by atoms with Crippen LogP contribution in [0.1, 0.15) is 26.5 Å². The van der Waals surface area contributed by atoms with Gasteiger partial charge >= 0.3 is 0 Å². The molecule has 110 valence electrons. The molecule has 0 spiro atoms. The predicted molar refractivity (Wildman–Crippen MR) is 83.1 cm³/mol. The van der Waals surface area contributed by atoms with E-state index >= 15 is 0 Å². The molecule has 2 N–H and O–H groups in total. The largest absolute Gasteiger partial charge is 0.394 e. The van der Waals surface area contributed by atoms with Crippen LogP contribution in [0.3, 0.4) is 0 Å². The molecule has 2 aromatic heterocycles. The van der Waals surface area contributed by atoms with E-state index in [9.17, 15) is 0 Å². The lowest BCUT2D eigenvalue weighted by Crippen LogP contribution is -2.18. The monoisotopic (exact) mass is 294 g/mol. The second kappa shape index (κ2) is 5.93. The zero-order chi connectivity index (χ0) is 14.8. The van der Waals surface area contributed by atoms with E-state index in [0.717, 1.165) is 27.9 Å². The van der Waals surface area contributed by atoms with Gasteiger partial charge in [0.1, 0.15) is 5.69 Å². The number of aliphatic hydroxyl groups excluding tert-OH is 1. The summed E-state index contributed by atoms with van der Waals surface area (Å²) >= 11 is 1.62. The van der Waals surface area contributed by atoms with E-state index in [2.05, 4.69) is 36.2 Å². The van der Waals surface area contributed by atoms with Crippen LogP contribution in [-0.4, -0.2) is 33.0 Å². The van der Waals surface area contributed by atoms with Crippen molar-refractivity contribution >= 4 is 16.5 Å². The molecular weight excluding hydrogens is 272 g/mol. The molecule has 6 heteroatoms. The third-order valence-electron chi connectivity index (χ3n) is 2.77. The van der Waals surface area contributed by atoms with Crippen LogP contribution >= 0.6 is 11.3 Å². The predicted octanol–water partition coefficient (Wildman–Crippen LogP) is 2.77. The zero-order valence-electron chi connectivity index (χ0n) is 12.5. The Morgan fingerprint density at radius 2 is 2.15 bits per heavy atom. The lowest BCUT2D eigenvalue weighted by Gasteiger charge is -2.17. The van der Waals surface area contributed by atoms with Gasteiger partial charge in [-0.15, -0.1) is 0 Å². The number of aryl methyl sites for hydroxylation is 1. The van der Waals surface area contributed by atoms with E-state index < -0.39 is 0 Å². The van der Waals surface area contributed by atoms with Crippen LogP contribution < -0.4 is 5.32 Å². The Kier molecular flexibility index (Phi) is 4.45. The van der Waals surface area contributed by atoms with Crippen molar-refractivity contribution in [2.75, 3.05) is 18.5 Å². The highest BCUT2D eigenvalue weighted by Gasteiger charge is 2.15. The van der Waals surface area contributed by atoms with Crippen LogP contribution in [-0.2, 0) is 6.54 Å². The van der Waals surface area contributed by atoms with E-state index in [-0.39, 0.29) is 12.0 Å². The van der Waals surface area contributed by atoms with Gasteiger partial charge in [-0.2, -0.15) is 5.10 Å². The summed E-state index contributed by atoms with van der Waals surface area (Å²) in [5.74, 6) is 0. The Hall–Kier alpha value is -1.40. The smallest absolute Gasteiger partial charge is 0.183 e. The number of nitrogens with zero attached hydrogens (tertiary/aromatic N) is 3. The van der Waals surface area contributed by atoms with Crippen LogP contribution in [0.25, 0.3) is 10.6 Å². The number of anilines is 1. The molecule has 0 radical (unpaired) electrons. The topological polar surface area (TPSA) is 63.0 Å². The molecule has 0 bridgehead atoms. The van der Waals surface area contributed by atoms with Crippen LogP contribution in [0.5, 0.6) is 0 Å². The lowest BCUT2D eigenvalue weighted by atomic mass is 9.97. The first-order chi connectivity index (χ1) is 9.39. The fourth-order valence-corrected chi connectivity index (χ4v) is 2.69. The zero-order valence-corrected chi connectivity index (χ0v) is 13.3. The van der Waals surface area contributed by atoms with E-state index in [1.807, 2.05) is 19.2 Å². The number of thiazole rings is 1. The van der Waals surface area contributed by atoms with Crippen LogP contribution in [0, 0.1) is 12.3 Å². The highest BCUT2D eigenvalue weighted by Crippen LogP contribution is 2.32. The molecule has 2 heterocycles. The fourth-order valence-electron chi connectivity index (χ4n) is 1.76. The molecule has 0 amide bonds. The average Bonchev–Trinajstić information content (AvgIpc) is 2.93. The summed E-state index contributed by atoms with van der Waals surface area (Å²) in [7, 11) is 0. The maximum absolute atomic E-state index is 8.92. The van der Waals surface area contributed by atoms with Crippen LogP contribution in [0.15, 0.2) is 12.3 Å². The van der Waals surface area contributed by atoms with E-state index in [4.69, 9.17) is 5.11 Å². The van der Waals surface area contributed by atoms with Crippen molar-refractivity contribution in [2.24, 2.45) is 5.41 Å². The van der Waals surface area contributed by atoms with Crippen molar-refractivity contribution in [3.05, 3.63) is 18.0 Å². The molecule has 0 saturated heterocycles. The molecule has 20 heavy (non-hydrogen) atoms. The summed E-state index contributed by atoms with van der Waals surface area (Å²) in [6.45, 7) is 10.1. The molecule has 0 fully saturated rings. The minimum Gasteiger partial charge on any atom is -0.394 e. The van der Waals surface area contributed by atoms with Crippen molar-refractivity contribution in [1.29, 1.82) is 0 Å². The highest BCUT2D eigenvalue weighted by molar-refractivity contribution is 7.19. The number of aliphatic hydroxyl groups is 1. The molecule has 2 rings (SSSR count).